The number of hydrogen-bond donors (Lipinski definition) is 2. The molecule has 0 unspecified atom stereocenters. The molecule has 2 N–H and O–H groups in total. The van der Waals surface area contributed by atoms with Gasteiger partial charge in [-0.2, -0.15) is 0 Å². The van der Waals surface area contributed by atoms with Crippen LogP contribution >= 0.6 is 0 Å². The van der Waals surface area contributed by atoms with Gasteiger partial charge in [-0.3, -0.25) is 4.79 Å². The largest absolute Gasteiger partial charge is 0.480 e. The van der Waals surface area contributed by atoms with E-state index in [9.17, 15) is 4.79 Å². The van der Waals surface area contributed by atoms with E-state index in [0.29, 0.717) is 18.9 Å². The fraction of sp³-hybridized carbons (Fsp3) is 0.750. The fourth-order valence-corrected chi connectivity index (χ4v) is 2.98. The highest BCUT2D eigenvalue weighted by Gasteiger charge is 2.31. The van der Waals surface area contributed by atoms with Crippen LogP contribution in [-0.4, -0.2) is 38.7 Å². The summed E-state index contributed by atoms with van der Waals surface area (Å²) in [4.78, 5) is 10.9. The van der Waals surface area contributed by atoms with Crippen LogP contribution in [0.1, 0.15) is 49.8 Å². The van der Waals surface area contributed by atoms with Gasteiger partial charge in [0.15, 0.2) is 0 Å². The van der Waals surface area contributed by atoms with Crippen molar-refractivity contribution in [2.24, 2.45) is 0 Å². The molecule has 2 atom stereocenters. The zero-order valence-corrected chi connectivity index (χ0v) is 10.2. The van der Waals surface area contributed by atoms with Crippen LogP contribution in [0.3, 0.4) is 0 Å². The van der Waals surface area contributed by atoms with Crippen LogP contribution in [0.4, 0.5) is 0 Å². The van der Waals surface area contributed by atoms with Gasteiger partial charge in [0, 0.05) is 18.7 Å². The van der Waals surface area contributed by atoms with Crippen molar-refractivity contribution in [3.8, 4) is 0 Å². The molecule has 18 heavy (non-hydrogen) atoms. The predicted molar refractivity (Wildman–Crippen MR) is 64.3 cm³/mol. The maximum Gasteiger partial charge on any atom is 0.320 e. The van der Waals surface area contributed by atoms with Crippen molar-refractivity contribution in [2.45, 2.75) is 50.1 Å². The topological polar surface area (TPSA) is 80.0 Å². The molecule has 6 nitrogen and oxygen atoms in total. The van der Waals surface area contributed by atoms with Gasteiger partial charge in [-0.1, -0.05) is 18.1 Å². The van der Waals surface area contributed by atoms with Gasteiger partial charge < -0.3 is 10.4 Å². The molecule has 1 aromatic rings. The minimum atomic E-state index is -0.784. The normalized spacial score (nSPS) is 28.9. The molecule has 0 amide bonds. The fourth-order valence-electron chi connectivity index (χ4n) is 2.98. The summed E-state index contributed by atoms with van der Waals surface area (Å²) in [7, 11) is 0. The number of carboxylic acids is 1. The lowest BCUT2D eigenvalue weighted by molar-refractivity contribution is -0.139. The number of aliphatic carboxylic acids is 1. The number of nitrogens with zero attached hydrogens (tertiary/aromatic N) is 3. The number of carbonyl (C=O) groups is 1. The van der Waals surface area contributed by atoms with E-state index in [1.165, 1.54) is 25.7 Å². The quantitative estimate of drug-likeness (QED) is 0.834. The van der Waals surface area contributed by atoms with Crippen molar-refractivity contribution in [1.29, 1.82) is 0 Å². The molecule has 6 heteroatoms. The second-order valence-corrected chi connectivity index (χ2v) is 5.29. The van der Waals surface area contributed by atoms with E-state index < -0.39 is 12.0 Å². The molecular formula is C12H18N4O2. The smallest absolute Gasteiger partial charge is 0.320 e. The van der Waals surface area contributed by atoms with Crippen molar-refractivity contribution < 1.29 is 9.90 Å². The third kappa shape index (κ3) is 2.12. The maximum absolute atomic E-state index is 10.9. The Balaban J connectivity index is 1.68. The number of hydrogen-bond acceptors (Lipinski definition) is 4. The van der Waals surface area contributed by atoms with E-state index in [0.717, 1.165) is 5.69 Å². The van der Waals surface area contributed by atoms with E-state index >= 15 is 0 Å². The summed E-state index contributed by atoms with van der Waals surface area (Å²) in [5.74, 6) is -0.225. The third-order valence-corrected chi connectivity index (χ3v) is 4.08. The van der Waals surface area contributed by atoms with Crippen LogP contribution in [0.5, 0.6) is 0 Å². The molecule has 2 heterocycles. The summed E-state index contributed by atoms with van der Waals surface area (Å²) < 4.78 is 1.84. The van der Waals surface area contributed by atoms with E-state index in [-0.39, 0.29) is 6.04 Å². The van der Waals surface area contributed by atoms with Gasteiger partial charge in [-0.05, 0) is 19.3 Å². The molecule has 0 spiro atoms. The van der Waals surface area contributed by atoms with Crippen LogP contribution in [0.25, 0.3) is 0 Å². The molecule has 2 fully saturated rings. The van der Waals surface area contributed by atoms with Gasteiger partial charge in [-0.15, -0.1) is 5.10 Å². The predicted octanol–water partition coefficient (Wildman–Crippen LogP) is 0.923. The molecule has 2 aliphatic rings. The van der Waals surface area contributed by atoms with Gasteiger partial charge in [-0.25, -0.2) is 4.68 Å². The first kappa shape index (κ1) is 11.6. The van der Waals surface area contributed by atoms with E-state index in [1.807, 2.05) is 10.9 Å². The summed E-state index contributed by atoms with van der Waals surface area (Å²) in [6, 6.07) is -0.331. The van der Waals surface area contributed by atoms with Crippen LogP contribution in [0.2, 0.25) is 0 Å². The lowest BCUT2D eigenvalue weighted by Crippen LogP contribution is -2.29. The van der Waals surface area contributed by atoms with Crippen molar-refractivity contribution in [3.05, 3.63) is 11.9 Å². The van der Waals surface area contributed by atoms with Crippen LogP contribution in [0.15, 0.2) is 6.20 Å². The zero-order chi connectivity index (χ0) is 12.5. The average Bonchev–Trinajstić information content (AvgIpc) is 3.10. The van der Waals surface area contributed by atoms with Crippen molar-refractivity contribution in [2.75, 3.05) is 6.54 Å². The standard InChI is InChI=1S/C12H18N4O2/c17-12(18)10-5-9(6-13-10)16-7-11(14-15-16)8-3-1-2-4-8/h7-10,13H,1-6H2,(H,17,18)/t9-,10-/m0/s1. The minimum absolute atomic E-state index is 0.119. The maximum atomic E-state index is 10.9. The number of rotatable bonds is 3. The van der Waals surface area contributed by atoms with Crippen molar-refractivity contribution in [1.82, 2.24) is 20.3 Å². The number of aromatic nitrogens is 3. The number of carboxylic acid groups (broad SMARTS) is 1. The molecular weight excluding hydrogens is 232 g/mol. The Morgan fingerprint density at radius 3 is 2.89 bits per heavy atom. The first-order valence-corrected chi connectivity index (χ1v) is 6.62. The Morgan fingerprint density at radius 2 is 2.22 bits per heavy atom. The van der Waals surface area contributed by atoms with Crippen LogP contribution < -0.4 is 5.32 Å². The first-order valence-electron chi connectivity index (χ1n) is 6.62. The van der Waals surface area contributed by atoms with Crippen molar-refractivity contribution >= 4 is 5.97 Å². The first-order chi connectivity index (χ1) is 8.74. The summed E-state index contributed by atoms with van der Waals surface area (Å²) in [6.45, 7) is 0.657. The van der Waals surface area contributed by atoms with E-state index in [4.69, 9.17) is 5.11 Å². The minimum Gasteiger partial charge on any atom is -0.480 e. The lowest BCUT2D eigenvalue weighted by Gasteiger charge is -2.07. The Hall–Kier alpha value is -1.43. The Bertz CT molecular complexity index is 439. The zero-order valence-electron chi connectivity index (χ0n) is 10.2. The Labute approximate surface area is 105 Å². The Kier molecular flexibility index (Phi) is 3.03. The van der Waals surface area contributed by atoms with Crippen LogP contribution in [-0.2, 0) is 4.79 Å². The number of nitrogens with one attached hydrogen (secondary N) is 1. The summed E-state index contributed by atoms with van der Waals surface area (Å²) in [5.41, 5.74) is 1.08. The summed E-state index contributed by atoms with van der Waals surface area (Å²) in [5, 5.41) is 20.4. The van der Waals surface area contributed by atoms with Gasteiger partial charge in [0.25, 0.3) is 0 Å². The molecule has 3 rings (SSSR count). The van der Waals surface area contributed by atoms with E-state index in [1.54, 1.807) is 0 Å². The molecule has 1 saturated heterocycles. The van der Waals surface area contributed by atoms with Gasteiger partial charge in [0.05, 0.1) is 11.7 Å². The highest BCUT2D eigenvalue weighted by atomic mass is 16.4. The molecule has 1 saturated carbocycles. The second kappa shape index (κ2) is 4.68. The van der Waals surface area contributed by atoms with Gasteiger partial charge in [0.2, 0.25) is 0 Å². The molecule has 1 aromatic heterocycles. The SMILES string of the molecule is O=C(O)[C@@H]1C[C@H](n2cc(C3CCCC3)nn2)CN1. The molecule has 0 bridgehead atoms. The molecule has 0 radical (unpaired) electrons. The monoisotopic (exact) mass is 250 g/mol. The molecule has 98 valence electrons. The lowest BCUT2D eigenvalue weighted by atomic mass is 10.1. The highest BCUT2D eigenvalue weighted by molar-refractivity contribution is 5.73. The highest BCUT2D eigenvalue weighted by Crippen LogP contribution is 2.33. The van der Waals surface area contributed by atoms with Gasteiger partial charge in [0.1, 0.15) is 6.04 Å². The molecule has 1 aliphatic heterocycles. The molecule has 1 aliphatic carbocycles. The second-order valence-electron chi connectivity index (χ2n) is 5.29. The Morgan fingerprint density at radius 1 is 1.44 bits per heavy atom. The van der Waals surface area contributed by atoms with E-state index in [2.05, 4.69) is 15.6 Å². The average molecular weight is 250 g/mol. The van der Waals surface area contributed by atoms with Crippen LogP contribution in [0, 0.1) is 0 Å². The third-order valence-electron chi connectivity index (χ3n) is 4.08. The summed E-state index contributed by atoms with van der Waals surface area (Å²) >= 11 is 0. The molecule has 0 aromatic carbocycles. The summed E-state index contributed by atoms with van der Waals surface area (Å²) in [6.07, 6.45) is 7.57. The van der Waals surface area contributed by atoms with Gasteiger partial charge >= 0.3 is 5.97 Å². The van der Waals surface area contributed by atoms with Crippen molar-refractivity contribution in [3.63, 3.8) is 0 Å².